The molecule has 6 atom stereocenters. The van der Waals surface area contributed by atoms with E-state index in [0.717, 1.165) is 19.3 Å². The molecule has 3 aliphatic rings. The van der Waals surface area contributed by atoms with Crippen LogP contribution in [0.25, 0.3) is 5.76 Å². The quantitative estimate of drug-likeness (QED) is 0.0569. The third-order valence-electron chi connectivity index (χ3n) is 11.8. The number of phenols is 1. The van der Waals surface area contributed by atoms with Crippen LogP contribution in [-0.4, -0.2) is 86.3 Å². The van der Waals surface area contributed by atoms with Gasteiger partial charge >= 0.3 is 0 Å². The van der Waals surface area contributed by atoms with Crippen molar-refractivity contribution in [2.45, 2.75) is 153 Å². The molecule has 0 unspecified atom stereocenters. The number of unbranched alkanes of at least 4 members (excludes halogenated alkanes) is 17. The number of benzene rings is 1. The van der Waals surface area contributed by atoms with Crippen LogP contribution in [0.2, 0.25) is 0 Å². The standard InChI is InChI=1S/C42H64N2O8/c1-5-6-7-8-9-10-11-12-13-14-15-16-17-18-19-20-21-22-26-43-41(51)33-38(48)35(44(3)4)34-37(47)30-27(2)28-24-23-25-29(45)31(28)36(46)32(30)39(49)42(34,52)40(33)50/h23-25,27,30,34-35,37,45-47,50,52H,5-22,26H2,1-4H3,(H,43,51)/t27-,30+,34+,35-,37-,42-/m1/s1. The van der Waals surface area contributed by atoms with Gasteiger partial charge in [0.15, 0.2) is 11.4 Å². The zero-order valence-corrected chi connectivity index (χ0v) is 32.0. The molecule has 0 spiro atoms. The smallest absolute Gasteiger partial charge is 0.258 e. The number of phenolic OH excluding ortho intramolecular Hbond substituents is 1. The van der Waals surface area contributed by atoms with Crippen molar-refractivity contribution in [3.8, 4) is 5.75 Å². The van der Waals surface area contributed by atoms with Gasteiger partial charge in [0.05, 0.1) is 23.6 Å². The number of carbonyl (C=O) groups is 3. The summed E-state index contributed by atoms with van der Waals surface area (Å²) >= 11 is 0. The summed E-state index contributed by atoms with van der Waals surface area (Å²) in [5, 5.41) is 59.8. The van der Waals surface area contributed by atoms with Crippen LogP contribution < -0.4 is 5.32 Å². The first kappa shape index (κ1) is 41.5. The SMILES string of the molecule is CCCCCCCCCCCCCCCCCCCCNC(=O)C1=C(O)[C@]2(O)C(=O)C3=C(O)c4c(O)cccc4[C@@H](C)[C@@H]3[C@@H](O)[C@@H]2[C@@H](N(C)C)C1=O. The number of hydrogen-bond acceptors (Lipinski definition) is 9. The Balaban J connectivity index is 1.28. The van der Waals surface area contributed by atoms with Gasteiger partial charge in [0, 0.05) is 18.0 Å². The Morgan fingerprint density at radius 2 is 1.31 bits per heavy atom. The summed E-state index contributed by atoms with van der Waals surface area (Å²) in [5.74, 6) is -8.03. The molecule has 52 heavy (non-hydrogen) atoms. The predicted octanol–water partition coefficient (Wildman–Crippen LogP) is 7.17. The lowest BCUT2D eigenvalue weighted by Gasteiger charge is -2.53. The van der Waals surface area contributed by atoms with Gasteiger partial charge in [0.25, 0.3) is 5.91 Å². The molecule has 4 rings (SSSR count). The van der Waals surface area contributed by atoms with Crippen LogP contribution >= 0.6 is 0 Å². The Morgan fingerprint density at radius 3 is 1.81 bits per heavy atom. The lowest BCUT2D eigenvalue weighted by molar-refractivity contribution is -0.169. The van der Waals surface area contributed by atoms with Crippen molar-refractivity contribution in [3.63, 3.8) is 0 Å². The Labute approximate surface area is 310 Å². The van der Waals surface area contributed by atoms with Crippen LogP contribution in [0, 0.1) is 11.8 Å². The van der Waals surface area contributed by atoms with Crippen LogP contribution in [0.1, 0.15) is 146 Å². The average molecular weight is 725 g/mol. The normalized spacial score (nSPS) is 25.7. The number of aliphatic hydroxyl groups is 4. The van der Waals surface area contributed by atoms with Gasteiger partial charge in [0.1, 0.15) is 22.8 Å². The van der Waals surface area contributed by atoms with Gasteiger partial charge in [-0.05, 0) is 38.1 Å². The summed E-state index contributed by atoms with van der Waals surface area (Å²) < 4.78 is 0. The van der Waals surface area contributed by atoms with Crippen molar-refractivity contribution in [1.29, 1.82) is 0 Å². The van der Waals surface area contributed by atoms with Crippen molar-refractivity contribution in [2.75, 3.05) is 20.6 Å². The monoisotopic (exact) mass is 724 g/mol. The van der Waals surface area contributed by atoms with E-state index in [1.807, 2.05) is 0 Å². The fourth-order valence-corrected chi connectivity index (χ4v) is 8.87. The Kier molecular flexibility index (Phi) is 15.4. The zero-order chi connectivity index (χ0) is 38.0. The number of nitrogens with zero attached hydrogens (tertiary/aromatic N) is 1. The highest BCUT2D eigenvalue weighted by Gasteiger charge is 2.68. The number of hydrogen-bond donors (Lipinski definition) is 6. The minimum atomic E-state index is -2.87. The van der Waals surface area contributed by atoms with Crippen LogP contribution in [-0.2, 0) is 14.4 Å². The Bertz CT molecular complexity index is 1470. The summed E-state index contributed by atoms with van der Waals surface area (Å²) in [6.07, 6.45) is 20.7. The van der Waals surface area contributed by atoms with Crippen molar-refractivity contribution in [1.82, 2.24) is 10.2 Å². The number of amides is 1. The summed E-state index contributed by atoms with van der Waals surface area (Å²) in [6, 6.07) is 3.28. The molecule has 1 saturated carbocycles. The number of aliphatic hydroxyl groups excluding tert-OH is 3. The van der Waals surface area contributed by atoms with Crippen LogP contribution in [0.3, 0.4) is 0 Å². The van der Waals surface area contributed by atoms with Gasteiger partial charge in [-0.1, -0.05) is 135 Å². The molecule has 0 saturated heterocycles. The molecule has 1 amide bonds. The summed E-state index contributed by atoms with van der Waals surface area (Å²) in [7, 11) is 3.08. The number of likely N-dealkylation sites (N-methyl/N-ethyl adjacent to an activating group) is 1. The van der Waals surface area contributed by atoms with Crippen LogP contribution in [0.4, 0.5) is 0 Å². The van der Waals surface area contributed by atoms with E-state index < -0.39 is 70.1 Å². The summed E-state index contributed by atoms with van der Waals surface area (Å²) in [5.41, 5.74) is -3.46. The first-order valence-corrected chi connectivity index (χ1v) is 20.0. The number of aromatic hydroxyl groups is 1. The minimum absolute atomic E-state index is 0.00526. The van der Waals surface area contributed by atoms with Crippen molar-refractivity contribution in [3.05, 3.63) is 46.2 Å². The number of fused-ring (bicyclic) bond motifs is 3. The topological polar surface area (TPSA) is 168 Å². The third-order valence-corrected chi connectivity index (χ3v) is 11.8. The fourth-order valence-electron chi connectivity index (χ4n) is 8.87. The summed E-state index contributed by atoms with van der Waals surface area (Å²) in [6.45, 7) is 4.22. The van der Waals surface area contributed by atoms with E-state index in [1.54, 1.807) is 19.1 Å². The van der Waals surface area contributed by atoms with Crippen molar-refractivity contribution in [2.24, 2.45) is 11.8 Å². The molecule has 10 nitrogen and oxygen atoms in total. The maximum absolute atomic E-state index is 14.2. The second-order valence-corrected chi connectivity index (χ2v) is 15.7. The van der Waals surface area contributed by atoms with Gasteiger partial charge in [-0.2, -0.15) is 0 Å². The number of ketones is 2. The molecule has 0 heterocycles. The Hall–Kier alpha value is -3.21. The van der Waals surface area contributed by atoms with E-state index in [9.17, 15) is 39.9 Å². The van der Waals surface area contributed by atoms with Crippen LogP contribution in [0.15, 0.2) is 35.1 Å². The minimum Gasteiger partial charge on any atom is -0.508 e. The fraction of sp³-hybridized carbons (Fsp3) is 0.690. The van der Waals surface area contributed by atoms with E-state index in [1.165, 1.54) is 115 Å². The van der Waals surface area contributed by atoms with Gasteiger partial charge in [-0.15, -0.1) is 0 Å². The average Bonchev–Trinajstić information content (AvgIpc) is 3.10. The van der Waals surface area contributed by atoms with E-state index in [2.05, 4.69) is 12.2 Å². The maximum atomic E-state index is 14.2. The van der Waals surface area contributed by atoms with Gasteiger partial charge in [-0.25, -0.2) is 0 Å². The Morgan fingerprint density at radius 1 is 0.808 bits per heavy atom. The molecule has 0 bridgehead atoms. The highest BCUT2D eigenvalue weighted by molar-refractivity contribution is 6.25. The van der Waals surface area contributed by atoms with Crippen LogP contribution in [0.5, 0.6) is 5.75 Å². The van der Waals surface area contributed by atoms with Gasteiger partial charge in [0.2, 0.25) is 5.78 Å². The molecule has 0 radical (unpaired) electrons. The predicted molar refractivity (Wildman–Crippen MR) is 203 cm³/mol. The second kappa shape index (κ2) is 19.2. The van der Waals surface area contributed by atoms with E-state index in [0.29, 0.717) is 12.0 Å². The van der Waals surface area contributed by atoms with E-state index in [-0.39, 0.29) is 23.4 Å². The molecule has 3 aliphatic carbocycles. The first-order chi connectivity index (χ1) is 24.9. The summed E-state index contributed by atoms with van der Waals surface area (Å²) in [4.78, 5) is 42.9. The lowest BCUT2D eigenvalue weighted by atomic mass is 9.54. The number of carbonyl (C=O) groups excluding carboxylic acids is 3. The molecule has 290 valence electrons. The number of rotatable bonds is 21. The molecule has 10 heteroatoms. The molecule has 0 aliphatic heterocycles. The van der Waals surface area contributed by atoms with E-state index >= 15 is 0 Å². The highest BCUT2D eigenvalue weighted by Crippen LogP contribution is 2.56. The largest absolute Gasteiger partial charge is 0.508 e. The molecule has 1 aromatic carbocycles. The lowest BCUT2D eigenvalue weighted by Crippen LogP contribution is -2.70. The van der Waals surface area contributed by atoms with Gasteiger partial charge < -0.3 is 30.8 Å². The molecular formula is C42H64N2O8. The highest BCUT2D eigenvalue weighted by atomic mass is 16.4. The zero-order valence-electron chi connectivity index (χ0n) is 32.0. The third kappa shape index (κ3) is 8.77. The van der Waals surface area contributed by atoms with E-state index in [4.69, 9.17) is 0 Å². The maximum Gasteiger partial charge on any atom is 0.258 e. The number of nitrogens with one attached hydrogen (secondary N) is 1. The molecule has 0 aromatic heterocycles. The first-order valence-electron chi connectivity index (χ1n) is 20.0. The molecule has 1 fully saturated rings. The van der Waals surface area contributed by atoms with Gasteiger partial charge in [-0.3, -0.25) is 19.3 Å². The van der Waals surface area contributed by atoms with Crippen molar-refractivity contribution >= 4 is 23.2 Å². The number of Topliss-reactive ketones (excluding diaryl/α,β-unsaturated/α-hetero) is 2. The van der Waals surface area contributed by atoms with Crippen molar-refractivity contribution < 1.29 is 39.9 Å². The molecule has 1 aromatic rings. The molecule has 6 N–H and O–H groups in total. The molecular weight excluding hydrogens is 660 g/mol. The second-order valence-electron chi connectivity index (χ2n) is 15.7.